The summed E-state index contributed by atoms with van der Waals surface area (Å²) in [6.07, 6.45) is 1.87. The lowest BCUT2D eigenvalue weighted by Crippen LogP contribution is -2.04. The lowest BCUT2D eigenvalue weighted by molar-refractivity contribution is 0.457. The molecule has 0 unspecified atom stereocenters. The van der Waals surface area contributed by atoms with Crippen molar-refractivity contribution in [2.45, 2.75) is 46.6 Å². The molecule has 0 saturated carbocycles. The predicted molar refractivity (Wildman–Crippen MR) is 53.0 cm³/mol. The maximum atomic E-state index is 9.72. The summed E-state index contributed by atoms with van der Waals surface area (Å²) in [5.74, 6) is 0.371. The summed E-state index contributed by atoms with van der Waals surface area (Å²) < 4.78 is 1.88. The van der Waals surface area contributed by atoms with Gasteiger partial charge in [-0.3, -0.25) is 4.68 Å². The largest absolute Gasteiger partial charge is 0.504 e. The van der Waals surface area contributed by atoms with Crippen LogP contribution in [0.25, 0.3) is 0 Å². The van der Waals surface area contributed by atoms with Crippen LogP contribution in [0.2, 0.25) is 0 Å². The molecule has 0 radical (unpaired) electrons. The van der Waals surface area contributed by atoms with E-state index < -0.39 is 0 Å². The van der Waals surface area contributed by atoms with Gasteiger partial charge in [0, 0.05) is 6.04 Å². The minimum Gasteiger partial charge on any atom is -0.504 e. The third-order valence-electron chi connectivity index (χ3n) is 2.16. The maximum absolute atomic E-state index is 9.72. The first-order valence-corrected chi connectivity index (χ1v) is 4.84. The minimum atomic E-state index is 0.316. The fraction of sp³-hybridized carbons (Fsp3) is 0.700. The van der Waals surface area contributed by atoms with E-state index in [-0.39, 0.29) is 0 Å². The van der Waals surface area contributed by atoms with Gasteiger partial charge in [0.05, 0.1) is 5.69 Å². The van der Waals surface area contributed by atoms with Crippen molar-refractivity contribution in [3.8, 4) is 5.75 Å². The fourth-order valence-corrected chi connectivity index (χ4v) is 1.48. The molecule has 0 aliphatic carbocycles. The van der Waals surface area contributed by atoms with E-state index in [9.17, 15) is 5.11 Å². The highest BCUT2D eigenvalue weighted by atomic mass is 16.3. The molecule has 1 aromatic rings. The van der Waals surface area contributed by atoms with Gasteiger partial charge in [-0.2, -0.15) is 5.10 Å². The van der Waals surface area contributed by atoms with E-state index in [1.165, 1.54) is 0 Å². The highest BCUT2D eigenvalue weighted by Gasteiger charge is 2.13. The van der Waals surface area contributed by atoms with Crippen LogP contribution in [0, 0.1) is 6.92 Å². The van der Waals surface area contributed by atoms with Crippen LogP contribution in [-0.4, -0.2) is 14.9 Å². The molecule has 0 atom stereocenters. The molecule has 1 rings (SSSR count). The van der Waals surface area contributed by atoms with Crippen molar-refractivity contribution in [3.05, 3.63) is 11.4 Å². The molecule has 0 amide bonds. The third-order valence-corrected chi connectivity index (χ3v) is 2.16. The summed E-state index contributed by atoms with van der Waals surface area (Å²) >= 11 is 0. The Morgan fingerprint density at radius 1 is 1.46 bits per heavy atom. The minimum absolute atomic E-state index is 0.316. The second-order valence-corrected chi connectivity index (χ2v) is 3.67. The number of hydrogen-bond donors (Lipinski definition) is 1. The van der Waals surface area contributed by atoms with E-state index in [0.717, 1.165) is 24.2 Å². The van der Waals surface area contributed by atoms with Gasteiger partial charge in [-0.25, -0.2) is 0 Å². The van der Waals surface area contributed by atoms with Crippen molar-refractivity contribution in [2.75, 3.05) is 0 Å². The molecular weight excluding hydrogens is 164 g/mol. The Morgan fingerprint density at radius 3 is 2.46 bits per heavy atom. The first-order chi connectivity index (χ1) is 6.07. The smallest absolute Gasteiger partial charge is 0.159 e. The van der Waals surface area contributed by atoms with Crippen molar-refractivity contribution in [3.63, 3.8) is 0 Å². The Kier molecular flexibility index (Phi) is 2.96. The number of aryl methyl sites for hydroxylation is 1. The topological polar surface area (TPSA) is 38.0 Å². The van der Waals surface area contributed by atoms with Gasteiger partial charge in [-0.1, -0.05) is 13.3 Å². The quantitative estimate of drug-likeness (QED) is 0.779. The van der Waals surface area contributed by atoms with Crippen LogP contribution < -0.4 is 0 Å². The van der Waals surface area contributed by atoms with Gasteiger partial charge in [0.2, 0.25) is 0 Å². The summed E-state index contributed by atoms with van der Waals surface area (Å²) in [6, 6.07) is 0.316. The van der Waals surface area contributed by atoms with Crippen LogP contribution in [-0.2, 0) is 6.42 Å². The Labute approximate surface area is 79.4 Å². The van der Waals surface area contributed by atoms with Crippen molar-refractivity contribution in [1.82, 2.24) is 9.78 Å². The van der Waals surface area contributed by atoms with E-state index in [1.54, 1.807) is 0 Å². The monoisotopic (exact) mass is 182 g/mol. The number of rotatable bonds is 3. The summed E-state index contributed by atoms with van der Waals surface area (Å²) in [5.41, 5.74) is 1.70. The van der Waals surface area contributed by atoms with Gasteiger partial charge in [0.25, 0.3) is 0 Å². The molecule has 0 aliphatic heterocycles. The summed E-state index contributed by atoms with van der Waals surface area (Å²) in [6.45, 7) is 8.12. The van der Waals surface area contributed by atoms with Gasteiger partial charge in [-0.05, 0) is 27.2 Å². The van der Waals surface area contributed by atoms with Gasteiger partial charge < -0.3 is 5.11 Å². The van der Waals surface area contributed by atoms with Crippen LogP contribution in [0.3, 0.4) is 0 Å². The molecule has 3 heteroatoms. The van der Waals surface area contributed by atoms with E-state index in [2.05, 4.69) is 25.9 Å². The van der Waals surface area contributed by atoms with Crippen molar-refractivity contribution in [1.29, 1.82) is 0 Å². The van der Waals surface area contributed by atoms with Crippen molar-refractivity contribution >= 4 is 0 Å². The van der Waals surface area contributed by atoms with Crippen LogP contribution in [0.5, 0.6) is 5.75 Å². The summed E-state index contributed by atoms with van der Waals surface area (Å²) in [5, 5.41) is 14.1. The molecule has 0 fully saturated rings. The number of aromatic nitrogens is 2. The molecule has 0 aliphatic rings. The fourth-order valence-electron chi connectivity index (χ4n) is 1.48. The number of hydrogen-bond acceptors (Lipinski definition) is 2. The average Bonchev–Trinajstić information content (AvgIpc) is 2.33. The van der Waals surface area contributed by atoms with Crippen molar-refractivity contribution in [2.24, 2.45) is 0 Å². The van der Waals surface area contributed by atoms with E-state index in [1.807, 2.05) is 11.6 Å². The first kappa shape index (κ1) is 10.1. The molecule has 1 heterocycles. The van der Waals surface area contributed by atoms with Gasteiger partial charge in [0.1, 0.15) is 5.69 Å². The second kappa shape index (κ2) is 3.81. The molecule has 13 heavy (non-hydrogen) atoms. The molecule has 1 N–H and O–H groups in total. The SMILES string of the molecule is CCCc1nn(C(C)C)c(C)c1O. The normalized spacial score (nSPS) is 11.2. The molecular formula is C10H18N2O. The Morgan fingerprint density at radius 2 is 2.08 bits per heavy atom. The van der Waals surface area contributed by atoms with Crippen molar-refractivity contribution < 1.29 is 5.11 Å². The van der Waals surface area contributed by atoms with Gasteiger partial charge in [0.15, 0.2) is 5.75 Å². The van der Waals surface area contributed by atoms with Crippen LogP contribution in [0.15, 0.2) is 0 Å². The Balaban J connectivity index is 3.05. The standard InChI is InChI=1S/C10H18N2O/c1-5-6-9-10(13)8(4)12(11-9)7(2)3/h7,13H,5-6H2,1-4H3. The average molecular weight is 182 g/mol. The molecule has 0 saturated heterocycles. The van der Waals surface area contributed by atoms with Gasteiger partial charge in [-0.15, -0.1) is 0 Å². The zero-order valence-corrected chi connectivity index (χ0v) is 8.83. The lowest BCUT2D eigenvalue weighted by Gasteiger charge is -2.06. The number of nitrogens with zero attached hydrogens (tertiary/aromatic N) is 2. The lowest BCUT2D eigenvalue weighted by atomic mass is 10.2. The molecule has 74 valence electrons. The van der Waals surface area contributed by atoms with Crippen LogP contribution >= 0.6 is 0 Å². The van der Waals surface area contributed by atoms with Crippen LogP contribution in [0.4, 0.5) is 0 Å². The zero-order valence-electron chi connectivity index (χ0n) is 8.83. The molecule has 3 nitrogen and oxygen atoms in total. The highest BCUT2D eigenvalue weighted by molar-refractivity contribution is 5.31. The molecule has 0 aromatic carbocycles. The second-order valence-electron chi connectivity index (χ2n) is 3.67. The van der Waals surface area contributed by atoms with E-state index in [0.29, 0.717) is 11.8 Å². The Bertz CT molecular complexity index is 289. The van der Waals surface area contributed by atoms with Crippen LogP contribution in [0.1, 0.15) is 44.6 Å². The van der Waals surface area contributed by atoms with Gasteiger partial charge >= 0.3 is 0 Å². The summed E-state index contributed by atoms with van der Waals surface area (Å²) in [7, 11) is 0. The molecule has 0 spiro atoms. The Hall–Kier alpha value is -0.990. The maximum Gasteiger partial charge on any atom is 0.159 e. The number of aromatic hydroxyl groups is 1. The summed E-state index contributed by atoms with van der Waals surface area (Å²) in [4.78, 5) is 0. The van der Waals surface area contributed by atoms with E-state index in [4.69, 9.17) is 0 Å². The zero-order chi connectivity index (χ0) is 10.0. The third kappa shape index (κ3) is 1.85. The predicted octanol–water partition coefficient (Wildman–Crippen LogP) is 2.43. The molecule has 0 bridgehead atoms. The highest BCUT2D eigenvalue weighted by Crippen LogP contribution is 2.24. The molecule has 1 aromatic heterocycles. The van der Waals surface area contributed by atoms with E-state index >= 15 is 0 Å². The first-order valence-electron chi connectivity index (χ1n) is 4.84.